The van der Waals surface area contributed by atoms with Gasteiger partial charge in [0, 0.05) is 11.1 Å². The molecule has 138 valence electrons. The number of carbonyl (C=O) groups excluding carboxylic acids is 1. The van der Waals surface area contributed by atoms with Crippen molar-refractivity contribution in [1.82, 2.24) is 10.4 Å². The Hall–Kier alpha value is -3.26. The molecule has 0 aliphatic rings. The van der Waals surface area contributed by atoms with Gasteiger partial charge in [0.2, 0.25) is 0 Å². The van der Waals surface area contributed by atoms with Gasteiger partial charge < -0.3 is 10.5 Å². The van der Waals surface area contributed by atoms with Crippen LogP contribution >= 0.6 is 11.3 Å². The molecule has 0 bridgehead atoms. The fourth-order valence-electron chi connectivity index (χ4n) is 2.33. The summed E-state index contributed by atoms with van der Waals surface area (Å²) in [6, 6.07) is 13.6. The number of anilines is 1. The maximum absolute atomic E-state index is 13.7. The molecule has 3 N–H and O–H groups in total. The summed E-state index contributed by atoms with van der Waals surface area (Å²) in [4.78, 5) is 16.5. The van der Waals surface area contributed by atoms with Crippen LogP contribution in [0.4, 0.5) is 9.52 Å². The van der Waals surface area contributed by atoms with Crippen molar-refractivity contribution in [2.45, 2.75) is 13.5 Å². The van der Waals surface area contributed by atoms with Gasteiger partial charge in [0.15, 0.2) is 5.13 Å². The molecule has 6 nitrogen and oxygen atoms in total. The van der Waals surface area contributed by atoms with Crippen LogP contribution in [0.5, 0.6) is 5.75 Å². The van der Waals surface area contributed by atoms with Crippen molar-refractivity contribution in [1.29, 1.82) is 0 Å². The highest BCUT2D eigenvalue weighted by Gasteiger charge is 2.13. The van der Waals surface area contributed by atoms with Gasteiger partial charge in [-0.3, -0.25) is 4.79 Å². The van der Waals surface area contributed by atoms with Crippen molar-refractivity contribution in [3.05, 3.63) is 76.0 Å². The second kappa shape index (κ2) is 8.41. The van der Waals surface area contributed by atoms with Crippen molar-refractivity contribution < 1.29 is 13.9 Å². The first-order valence-electron chi connectivity index (χ1n) is 8.06. The van der Waals surface area contributed by atoms with Crippen LogP contribution in [0.15, 0.2) is 53.6 Å². The second-order valence-corrected chi connectivity index (χ2v) is 6.61. The molecule has 0 saturated carbocycles. The molecule has 3 aromatic rings. The van der Waals surface area contributed by atoms with E-state index >= 15 is 0 Å². The van der Waals surface area contributed by atoms with Gasteiger partial charge in [0.25, 0.3) is 5.91 Å². The van der Waals surface area contributed by atoms with Crippen molar-refractivity contribution in [2.24, 2.45) is 5.10 Å². The molecule has 0 atom stereocenters. The number of aryl methyl sites for hydroxylation is 1. The number of nitrogens with zero attached hydrogens (tertiary/aromatic N) is 2. The first kappa shape index (κ1) is 18.5. The smallest absolute Gasteiger partial charge is 0.283 e. The van der Waals surface area contributed by atoms with E-state index in [1.54, 1.807) is 43.3 Å². The summed E-state index contributed by atoms with van der Waals surface area (Å²) in [6.07, 6.45) is 1.47. The third-order valence-electron chi connectivity index (χ3n) is 3.65. The van der Waals surface area contributed by atoms with Gasteiger partial charge in [-0.15, -0.1) is 0 Å². The minimum absolute atomic E-state index is 0.0865. The molecule has 2 aromatic carbocycles. The number of amides is 1. The van der Waals surface area contributed by atoms with E-state index in [1.807, 2.05) is 6.07 Å². The first-order chi connectivity index (χ1) is 13.0. The van der Waals surface area contributed by atoms with Gasteiger partial charge in [-0.25, -0.2) is 14.8 Å². The zero-order valence-electron chi connectivity index (χ0n) is 14.5. The molecular weight excluding hydrogens is 367 g/mol. The van der Waals surface area contributed by atoms with Crippen LogP contribution in [0.25, 0.3) is 0 Å². The van der Waals surface area contributed by atoms with E-state index in [1.165, 1.54) is 12.3 Å². The number of thiazole rings is 1. The number of hydrogen-bond donors (Lipinski definition) is 2. The molecule has 1 heterocycles. The summed E-state index contributed by atoms with van der Waals surface area (Å²) >= 11 is 1.10. The van der Waals surface area contributed by atoms with Gasteiger partial charge >= 0.3 is 0 Å². The zero-order chi connectivity index (χ0) is 19.2. The summed E-state index contributed by atoms with van der Waals surface area (Å²) in [6.45, 7) is 1.79. The molecule has 0 aliphatic carbocycles. The SMILES string of the molecule is Cc1nc(N)sc1C(=O)NN=Cc1ccccc1OCc1ccccc1F. The first-order valence-corrected chi connectivity index (χ1v) is 8.88. The lowest BCUT2D eigenvalue weighted by atomic mass is 10.2. The minimum Gasteiger partial charge on any atom is -0.488 e. The number of halogens is 1. The molecule has 0 spiro atoms. The molecule has 1 amide bonds. The number of nitrogens with one attached hydrogen (secondary N) is 1. The predicted octanol–water partition coefficient (Wildman–Crippen LogP) is 3.52. The Morgan fingerprint density at radius 1 is 1.30 bits per heavy atom. The van der Waals surface area contributed by atoms with Crippen molar-refractivity contribution in [3.8, 4) is 5.75 Å². The normalized spacial score (nSPS) is 10.9. The number of hydrazone groups is 1. The highest BCUT2D eigenvalue weighted by Crippen LogP contribution is 2.20. The Morgan fingerprint density at radius 2 is 2.04 bits per heavy atom. The number of nitrogens with two attached hydrogens (primary N) is 1. The number of rotatable bonds is 6. The summed E-state index contributed by atoms with van der Waals surface area (Å²) < 4.78 is 19.4. The van der Waals surface area contributed by atoms with Crippen molar-refractivity contribution >= 4 is 28.6 Å². The lowest BCUT2D eigenvalue weighted by molar-refractivity contribution is 0.0958. The van der Waals surface area contributed by atoms with Gasteiger partial charge in [0.05, 0.1) is 11.9 Å². The second-order valence-electron chi connectivity index (χ2n) is 5.58. The Labute approximate surface area is 159 Å². The number of para-hydroxylation sites is 1. The Bertz CT molecular complexity index is 987. The quantitative estimate of drug-likeness (QED) is 0.503. The fraction of sp³-hybridized carbons (Fsp3) is 0.105. The highest BCUT2D eigenvalue weighted by atomic mass is 32.1. The topological polar surface area (TPSA) is 89.6 Å². The zero-order valence-corrected chi connectivity index (χ0v) is 15.3. The summed E-state index contributed by atoms with van der Waals surface area (Å²) in [5, 5.41) is 4.29. The number of nitrogen functional groups attached to an aromatic ring is 1. The highest BCUT2D eigenvalue weighted by molar-refractivity contribution is 7.17. The van der Waals surface area contributed by atoms with E-state index in [0.29, 0.717) is 32.6 Å². The van der Waals surface area contributed by atoms with Gasteiger partial charge in [-0.1, -0.05) is 41.7 Å². The molecule has 0 unspecified atom stereocenters. The molecule has 1 aromatic heterocycles. The molecule has 0 radical (unpaired) electrons. The molecular formula is C19H17FN4O2S. The third-order valence-corrected chi connectivity index (χ3v) is 4.63. The fourth-order valence-corrected chi connectivity index (χ4v) is 3.05. The standard InChI is InChI=1S/C19H17FN4O2S/c1-12-17(27-19(21)23-12)18(25)24-22-10-13-6-3-5-9-16(13)26-11-14-7-2-4-8-15(14)20/h2-10H,11H2,1H3,(H2,21,23)(H,24,25). The molecule has 27 heavy (non-hydrogen) atoms. The van der Waals surface area contributed by atoms with E-state index < -0.39 is 0 Å². The summed E-state index contributed by atoms with van der Waals surface area (Å²) in [5.41, 5.74) is 9.69. The van der Waals surface area contributed by atoms with Crippen LogP contribution in [0.1, 0.15) is 26.5 Å². The third kappa shape index (κ3) is 4.68. The number of hydrogen-bond acceptors (Lipinski definition) is 6. The van der Waals surface area contributed by atoms with Crippen LogP contribution < -0.4 is 15.9 Å². The van der Waals surface area contributed by atoms with Gasteiger partial charge in [-0.05, 0) is 25.1 Å². The van der Waals surface area contributed by atoms with Crippen LogP contribution in [0, 0.1) is 12.7 Å². The summed E-state index contributed by atoms with van der Waals surface area (Å²) in [7, 11) is 0. The number of aromatic nitrogens is 1. The predicted molar refractivity (Wildman–Crippen MR) is 103 cm³/mol. The van der Waals surface area contributed by atoms with Gasteiger partial charge in [-0.2, -0.15) is 5.10 Å². The van der Waals surface area contributed by atoms with Crippen LogP contribution in [-0.2, 0) is 6.61 Å². The largest absolute Gasteiger partial charge is 0.488 e. The molecule has 0 fully saturated rings. The van der Waals surface area contributed by atoms with E-state index in [-0.39, 0.29) is 18.3 Å². The van der Waals surface area contributed by atoms with Crippen molar-refractivity contribution in [3.63, 3.8) is 0 Å². The molecule has 0 aliphatic heterocycles. The Morgan fingerprint density at radius 3 is 2.78 bits per heavy atom. The van der Waals surface area contributed by atoms with Gasteiger partial charge in [0.1, 0.15) is 23.1 Å². The van der Waals surface area contributed by atoms with E-state index in [0.717, 1.165) is 11.3 Å². The minimum atomic E-state index is -0.386. The number of carbonyl (C=O) groups is 1. The van der Waals surface area contributed by atoms with Crippen molar-refractivity contribution in [2.75, 3.05) is 5.73 Å². The Kier molecular flexibility index (Phi) is 5.77. The lowest BCUT2D eigenvalue weighted by Gasteiger charge is -2.09. The monoisotopic (exact) mass is 384 g/mol. The van der Waals surface area contributed by atoms with E-state index in [9.17, 15) is 9.18 Å². The van der Waals surface area contributed by atoms with Crippen LogP contribution in [0.3, 0.4) is 0 Å². The lowest BCUT2D eigenvalue weighted by Crippen LogP contribution is -2.17. The van der Waals surface area contributed by atoms with E-state index in [2.05, 4.69) is 15.5 Å². The Balaban J connectivity index is 1.67. The molecule has 0 saturated heterocycles. The number of benzene rings is 2. The molecule has 8 heteroatoms. The maximum atomic E-state index is 13.7. The average Bonchev–Trinajstić information content (AvgIpc) is 3.00. The van der Waals surface area contributed by atoms with E-state index in [4.69, 9.17) is 10.5 Å². The number of ether oxygens (including phenoxy) is 1. The van der Waals surface area contributed by atoms with Crippen LogP contribution in [0.2, 0.25) is 0 Å². The summed E-state index contributed by atoms with van der Waals surface area (Å²) in [5.74, 6) is -0.185. The maximum Gasteiger partial charge on any atom is 0.283 e. The molecule has 3 rings (SSSR count). The average molecular weight is 384 g/mol. The van der Waals surface area contributed by atoms with Crippen LogP contribution in [-0.4, -0.2) is 17.1 Å².